The van der Waals surface area contributed by atoms with Crippen molar-refractivity contribution in [2.45, 2.75) is 25.4 Å². The highest BCUT2D eigenvalue weighted by molar-refractivity contribution is 7.98. The third kappa shape index (κ3) is 7.02. The van der Waals surface area contributed by atoms with Crippen molar-refractivity contribution in [3.05, 3.63) is 29.8 Å². The van der Waals surface area contributed by atoms with Gasteiger partial charge in [0, 0.05) is 18.8 Å². The van der Waals surface area contributed by atoms with Gasteiger partial charge in [0.15, 0.2) is 0 Å². The minimum absolute atomic E-state index is 0.243. The molecule has 114 valence electrons. The molecular formula is C13H18F3NO2S. The van der Waals surface area contributed by atoms with Crippen LogP contribution in [0.5, 0.6) is 5.75 Å². The van der Waals surface area contributed by atoms with Crippen molar-refractivity contribution >= 4 is 11.8 Å². The largest absolute Gasteiger partial charge is 0.573 e. The molecule has 0 bridgehead atoms. The number of aliphatic hydroxyl groups is 1. The lowest BCUT2D eigenvalue weighted by atomic mass is 10.1. The maximum atomic E-state index is 12.1. The summed E-state index contributed by atoms with van der Waals surface area (Å²) >= 11 is 1.53. The Morgan fingerprint density at radius 1 is 1.35 bits per heavy atom. The summed E-state index contributed by atoms with van der Waals surface area (Å²) in [5.41, 5.74) is -0.189. The first-order valence-electron chi connectivity index (χ1n) is 5.98. The maximum Gasteiger partial charge on any atom is 0.573 e. The van der Waals surface area contributed by atoms with Gasteiger partial charge >= 0.3 is 6.36 Å². The smallest absolute Gasteiger partial charge is 0.406 e. The molecule has 2 N–H and O–H groups in total. The van der Waals surface area contributed by atoms with Crippen LogP contribution >= 0.6 is 11.8 Å². The average Bonchev–Trinajstić information content (AvgIpc) is 2.26. The van der Waals surface area contributed by atoms with Crippen LogP contribution in [0.15, 0.2) is 24.3 Å². The molecule has 20 heavy (non-hydrogen) atoms. The third-order valence-corrected chi connectivity index (χ3v) is 3.33. The molecule has 7 heteroatoms. The number of thioether (sulfide) groups is 1. The van der Waals surface area contributed by atoms with Crippen molar-refractivity contribution in [1.82, 2.24) is 5.32 Å². The molecule has 0 saturated heterocycles. The Kier molecular flexibility index (Phi) is 6.16. The summed E-state index contributed by atoms with van der Waals surface area (Å²) in [4.78, 5) is 0. The van der Waals surface area contributed by atoms with E-state index in [-0.39, 0.29) is 5.75 Å². The van der Waals surface area contributed by atoms with Gasteiger partial charge in [-0.15, -0.1) is 13.2 Å². The van der Waals surface area contributed by atoms with E-state index in [1.54, 1.807) is 13.0 Å². The van der Waals surface area contributed by atoms with Gasteiger partial charge in [-0.2, -0.15) is 11.8 Å². The molecule has 0 aliphatic carbocycles. The van der Waals surface area contributed by atoms with Crippen LogP contribution in [0.25, 0.3) is 0 Å². The molecule has 1 unspecified atom stereocenters. The standard InChI is InChI=1S/C13H18F3NO2S/c1-12(18,9-20-2)8-17-7-10-4-3-5-11(6-10)19-13(14,15)16/h3-6,17-18H,7-9H2,1-2H3. The summed E-state index contributed by atoms with van der Waals surface area (Å²) in [5.74, 6) is 0.338. The average molecular weight is 309 g/mol. The minimum Gasteiger partial charge on any atom is -0.406 e. The lowest BCUT2D eigenvalue weighted by Crippen LogP contribution is -2.39. The van der Waals surface area contributed by atoms with Gasteiger partial charge in [-0.3, -0.25) is 0 Å². The normalized spacial score (nSPS) is 14.9. The van der Waals surface area contributed by atoms with Crippen molar-refractivity contribution in [2.24, 2.45) is 0 Å². The first-order chi connectivity index (χ1) is 9.22. The van der Waals surface area contributed by atoms with Gasteiger partial charge in [0.1, 0.15) is 5.75 Å². The molecule has 0 fully saturated rings. The van der Waals surface area contributed by atoms with E-state index in [0.29, 0.717) is 24.4 Å². The summed E-state index contributed by atoms with van der Waals surface area (Å²) in [6, 6.07) is 5.77. The van der Waals surface area contributed by atoms with Gasteiger partial charge in [-0.1, -0.05) is 12.1 Å². The molecule has 1 rings (SSSR count). The second-order valence-electron chi connectivity index (χ2n) is 4.73. The summed E-state index contributed by atoms with van der Waals surface area (Å²) in [7, 11) is 0. The van der Waals surface area contributed by atoms with Crippen molar-refractivity contribution in [1.29, 1.82) is 0 Å². The van der Waals surface area contributed by atoms with E-state index in [1.807, 2.05) is 6.26 Å². The van der Waals surface area contributed by atoms with E-state index < -0.39 is 12.0 Å². The van der Waals surface area contributed by atoms with E-state index in [4.69, 9.17) is 0 Å². The SMILES string of the molecule is CSCC(C)(O)CNCc1cccc(OC(F)(F)F)c1. The van der Waals surface area contributed by atoms with E-state index in [1.165, 1.54) is 30.0 Å². The van der Waals surface area contributed by atoms with Crippen LogP contribution in [-0.4, -0.2) is 35.6 Å². The van der Waals surface area contributed by atoms with Crippen molar-refractivity contribution in [3.63, 3.8) is 0 Å². The monoisotopic (exact) mass is 309 g/mol. The Labute approximate surface area is 120 Å². The first kappa shape index (κ1) is 17.1. The second-order valence-corrected chi connectivity index (χ2v) is 5.59. The molecular weight excluding hydrogens is 291 g/mol. The summed E-state index contributed by atoms with van der Waals surface area (Å²) in [5, 5.41) is 13.0. The molecule has 0 amide bonds. The second kappa shape index (κ2) is 7.19. The lowest BCUT2D eigenvalue weighted by Gasteiger charge is -2.22. The van der Waals surface area contributed by atoms with E-state index in [2.05, 4.69) is 10.1 Å². The van der Waals surface area contributed by atoms with E-state index in [0.717, 1.165) is 0 Å². The zero-order valence-corrected chi connectivity index (χ0v) is 12.1. The number of alkyl halides is 3. The van der Waals surface area contributed by atoms with Crippen LogP contribution < -0.4 is 10.1 Å². The van der Waals surface area contributed by atoms with Crippen LogP contribution in [0, 0.1) is 0 Å². The van der Waals surface area contributed by atoms with Crippen LogP contribution in [-0.2, 0) is 6.54 Å². The molecule has 0 aliphatic rings. The summed E-state index contributed by atoms with van der Waals surface area (Å²) in [6.45, 7) is 2.43. The summed E-state index contributed by atoms with van der Waals surface area (Å²) < 4.78 is 40.1. The number of ether oxygens (including phenoxy) is 1. The van der Waals surface area contributed by atoms with E-state index in [9.17, 15) is 18.3 Å². The molecule has 1 atom stereocenters. The number of hydrogen-bond acceptors (Lipinski definition) is 4. The third-order valence-electron chi connectivity index (χ3n) is 2.42. The van der Waals surface area contributed by atoms with Crippen LogP contribution in [0.3, 0.4) is 0 Å². The van der Waals surface area contributed by atoms with Crippen LogP contribution in [0.2, 0.25) is 0 Å². The van der Waals surface area contributed by atoms with Gasteiger partial charge < -0.3 is 15.2 Å². The van der Waals surface area contributed by atoms with E-state index >= 15 is 0 Å². The molecule has 0 saturated carbocycles. The molecule has 3 nitrogen and oxygen atoms in total. The highest BCUT2D eigenvalue weighted by Gasteiger charge is 2.31. The fourth-order valence-electron chi connectivity index (χ4n) is 1.69. The Balaban J connectivity index is 2.51. The zero-order valence-electron chi connectivity index (χ0n) is 11.3. The predicted octanol–water partition coefficient (Wildman–Crippen LogP) is 2.79. The van der Waals surface area contributed by atoms with Gasteiger partial charge in [-0.25, -0.2) is 0 Å². The minimum atomic E-state index is -4.69. The predicted molar refractivity (Wildman–Crippen MR) is 73.8 cm³/mol. The van der Waals surface area contributed by atoms with Crippen LogP contribution in [0.1, 0.15) is 12.5 Å². The van der Waals surface area contributed by atoms with Gasteiger partial charge in [0.2, 0.25) is 0 Å². The van der Waals surface area contributed by atoms with Gasteiger partial charge in [-0.05, 0) is 30.9 Å². The molecule has 1 aromatic carbocycles. The Morgan fingerprint density at radius 2 is 2.05 bits per heavy atom. The number of halogens is 3. The molecule has 0 spiro atoms. The van der Waals surface area contributed by atoms with Gasteiger partial charge in [0.05, 0.1) is 5.60 Å². The fourth-order valence-corrected chi connectivity index (χ4v) is 2.41. The van der Waals surface area contributed by atoms with Crippen molar-refractivity contribution in [2.75, 3.05) is 18.6 Å². The molecule has 0 aromatic heterocycles. The molecule has 1 aromatic rings. The molecule has 0 heterocycles. The lowest BCUT2D eigenvalue weighted by molar-refractivity contribution is -0.274. The van der Waals surface area contributed by atoms with Crippen LogP contribution in [0.4, 0.5) is 13.2 Å². The Morgan fingerprint density at radius 3 is 2.65 bits per heavy atom. The van der Waals surface area contributed by atoms with Crippen molar-refractivity contribution in [3.8, 4) is 5.75 Å². The maximum absolute atomic E-state index is 12.1. The Hall–Kier alpha value is -0.920. The summed E-state index contributed by atoms with van der Waals surface area (Å²) in [6.07, 6.45) is -2.79. The topological polar surface area (TPSA) is 41.5 Å². The number of hydrogen-bond donors (Lipinski definition) is 2. The number of benzene rings is 1. The quantitative estimate of drug-likeness (QED) is 0.813. The number of nitrogens with one attached hydrogen (secondary N) is 1. The zero-order chi connectivity index (χ0) is 15.2. The molecule has 0 aliphatic heterocycles. The highest BCUT2D eigenvalue weighted by atomic mass is 32.2. The van der Waals surface area contributed by atoms with Gasteiger partial charge in [0.25, 0.3) is 0 Å². The number of rotatable bonds is 7. The first-order valence-corrected chi connectivity index (χ1v) is 7.38. The Bertz CT molecular complexity index is 424. The highest BCUT2D eigenvalue weighted by Crippen LogP contribution is 2.23. The molecule has 0 radical (unpaired) electrons. The van der Waals surface area contributed by atoms with Crippen molar-refractivity contribution < 1.29 is 23.0 Å². The fraction of sp³-hybridized carbons (Fsp3) is 0.538.